The van der Waals surface area contributed by atoms with Crippen molar-refractivity contribution in [3.63, 3.8) is 0 Å². The number of aromatic nitrogens is 2. The molecule has 3 aliphatic rings. The highest BCUT2D eigenvalue weighted by molar-refractivity contribution is 5.89. The fraction of sp³-hybridized carbons (Fsp3) is 0.633. The van der Waals surface area contributed by atoms with Gasteiger partial charge in [0.05, 0.1) is 31.0 Å². The van der Waals surface area contributed by atoms with Crippen LogP contribution < -0.4 is 15.5 Å². The number of urea groups is 1. The molecule has 2 bridgehead atoms. The molecule has 4 heterocycles. The van der Waals surface area contributed by atoms with Gasteiger partial charge in [-0.2, -0.15) is 0 Å². The van der Waals surface area contributed by atoms with E-state index in [2.05, 4.69) is 55.1 Å². The van der Waals surface area contributed by atoms with Crippen molar-refractivity contribution in [3.8, 4) is 11.4 Å². The number of rotatable bonds is 7. The minimum Gasteiger partial charge on any atom is -0.377 e. The number of amides is 2. The molecular weight excluding hydrogens is 476 g/mol. The van der Waals surface area contributed by atoms with Gasteiger partial charge in [0.15, 0.2) is 5.82 Å². The van der Waals surface area contributed by atoms with Crippen LogP contribution in [0.25, 0.3) is 11.4 Å². The van der Waals surface area contributed by atoms with Crippen molar-refractivity contribution in [2.45, 2.75) is 91.4 Å². The number of hydrogen-bond acceptors (Lipinski definition) is 6. The van der Waals surface area contributed by atoms with Gasteiger partial charge in [-0.3, -0.25) is 4.90 Å². The maximum atomic E-state index is 12.4. The molecule has 2 aromatic rings. The van der Waals surface area contributed by atoms with Gasteiger partial charge in [0.1, 0.15) is 5.82 Å². The molecule has 1 aromatic heterocycles. The second-order valence-corrected chi connectivity index (χ2v) is 12.6. The largest absolute Gasteiger partial charge is 0.377 e. The lowest BCUT2D eigenvalue weighted by atomic mass is 9.91. The Balaban J connectivity index is 1.34. The fourth-order valence-corrected chi connectivity index (χ4v) is 5.89. The highest BCUT2D eigenvalue weighted by atomic mass is 16.5. The molecule has 2 fully saturated rings. The number of nitrogens with zero attached hydrogens (tertiary/aromatic N) is 4. The average Bonchev–Trinajstić information content (AvgIpc) is 3.12. The Kier molecular flexibility index (Phi) is 7.91. The van der Waals surface area contributed by atoms with E-state index in [0.29, 0.717) is 24.7 Å². The number of carbonyl (C=O) groups excluding carboxylic acids is 1. The molecule has 2 N–H and O–H groups in total. The van der Waals surface area contributed by atoms with E-state index in [1.807, 2.05) is 24.3 Å². The summed E-state index contributed by atoms with van der Waals surface area (Å²) in [5, 5.41) is 5.91. The summed E-state index contributed by atoms with van der Waals surface area (Å²) in [4.78, 5) is 27.7. The van der Waals surface area contributed by atoms with E-state index in [1.54, 1.807) is 0 Å². The fourth-order valence-electron chi connectivity index (χ4n) is 5.89. The van der Waals surface area contributed by atoms with E-state index < -0.39 is 0 Å². The lowest BCUT2D eigenvalue weighted by Gasteiger charge is -2.39. The first-order chi connectivity index (χ1) is 18.2. The Labute approximate surface area is 227 Å². The third kappa shape index (κ3) is 6.12. The summed E-state index contributed by atoms with van der Waals surface area (Å²) in [5.41, 5.74) is 4.46. The molecule has 8 heteroatoms. The normalized spacial score (nSPS) is 21.5. The predicted molar refractivity (Wildman–Crippen MR) is 153 cm³/mol. The molecule has 3 aliphatic heterocycles. The van der Waals surface area contributed by atoms with Crippen LogP contribution in [0.2, 0.25) is 0 Å². The van der Waals surface area contributed by atoms with Gasteiger partial charge in [0.2, 0.25) is 0 Å². The van der Waals surface area contributed by atoms with Crippen LogP contribution in [0.5, 0.6) is 0 Å². The van der Waals surface area contributed by atoms with Gasteiger partial charge >= 0.3 is 6.03 Å². The van der Waals surface area contributed by atoms with Gasteiger partial charge in [-0.15, -0.1) is 0 Å². The summed E-state index contributed by atoms with van der Waals surface area (Å²) in [6, 6.07) is 9.01. The Bertz CT molecular complexity index is 1110. The summed E-state index contributed by atoms with van der Waals surface area (Å²) >= 11 is 0. The van der Waals surface area contributed by atoms with Crippen LogP contribution in [0.4, 0.5) is 16.3 Å². The third-order valence-electron chi connectivity index (χ3n) is 8.08. The van der Waals surface area contributed by atoms with Crippen LogP contribution in [0, 0.1) is 5.41 Å². The first kappa shape index (κ1) is 26.9. The smallest absolute Gasteiger partial charge is 0.319 e. The molecule has 206 valence electrons. The highest BCUT2D eigenvalue weighted by Crippen LogP contribution is 2.38. The van der Waals surface area contributed by atoms with Gasteiger partial charge in [0.25, 0.3) is 0 Å². The zero-order chi connectivity index (χ0) is 26.9. The lowest BCUT2D eigenvalue weighted by Crippen LogP contribution is -2.47. The number of ether oxygens (including phenoxy) is 1. The third-order valence-corrected chi connectivity index (χ3v) is 8.08. The Morgan fingerprint density at radius 1 is 1.11 bits per heavy atom. The second kappa shape index (κ2) is 11.2. The van der Waals surface area contributed by atoms with Crippen LogP contribution in [-0.4, -0.2) is 65.3 Å². The van der Waals surface area contributed by atoms with E-state index in [-0.39, 0.29) is 11.4 Å². The predicted octanol–water partition coefficient (Wildman–Crippen LogP) is 5.23. The van der Waals surface area contributed by atoms with Crippen molar-refractivity contribution in [2.75, 3.05) is 36.5 Å². The number of morpholine rings is 1. The van der Waals surface area contributed by atoms with Gasteiger partial charge in [-0.05, 0) is 75.6 Å². The summed E-state index contributed by atoms with van der Waals surface area (Å²) in [6.07, 6.45) is 5.34. The molecule has 2 atom stereocenters. The number of nitrogens with one attached hydrogen (secondary N) is 2. The Hall–Kier alpha value is -2.71. The summed E-state index contributed by atoms with van der Waals surface area (Å²) in [5.74, 6) is 1.87. The van der Waals surface area contributed by atoms with E-state index in [4.69, 9.17) is 14.7 Å². The molecule has 5 rings (SSSR count). The van der Waals surface area contributed by atoms with Crippen LogP contribution >= 0.6 is 0 Å². The second-order valence-electron chi connectivity index (χ2n) is 12.6. The molecule has 2 amide bonds. The van der Waals surface area contributed by atoms with Crippen molar-refractivity contribution in [3.05, 3.63) is 35.5 Å². The zero-order valence-corrected chi connectivity index (χ0v) is 23.7. The Morgan fingerprint density at radius 2 is 1.82 bits per heavy atom. The SMILES string of the molecule is CC(C)N1CCc2c(nc(-c3ccc(NC(=O)NCCCC(C)(C)C)cc3)nc2N2C3CCC2COC3)C1. The monoisotopic (exact) mass is 520 g/mol. The van der Waals surface area contributed by atoms with E-state index in [9.17, 15) is 4.79 Å². The molecule has 0 radical (unpaired) electrons. The molecule has 0 spiro atoms. The number of fused-ring (bicyclic) bond motifs is 3. The average molecular weight is 521 g/mol. The minimum atomic E-state index is -0.171. The van der Waals surface area contributed by atoms with Gasteiger partial charge in [0, 0.05) is 42.5 Å². The maximum Gasteiger partial charge on any atom is 0.319 e. The van der Waals surface area contributed by atoms with Crippen molar-refractivity contribution in [2.24, 2.45) is 5.41 Å². The molecule has 2 saturated heterocycles. The van der Waals surface area contributed by atoms with Gasteiger partial charge < -0.3 is 20.3 Å². The molecule has 38 heavy (non-hydrogen) atoms. The molecule has 0 aliphatic carbocycles. The van der Waals surface area contributed by atoms with E-state index >= 15 is 0 Å². The highest BCUT2D eigenvalue weighted by Gasteiger charge is 2.40. The molecule has 2 unspecified atom stereocenters. The van der Waals surface area contributed by atoms with Crippen LogP contribution in [-0.2, 0) is 17.7 Å². The summed E-state index contributed by atoms with van der Waals surface area (Å²) in [7, 11) is 0. The zero-order valence-electron chi connectivity index (χ0n) is 23.7. The Morgan fingerprint density at radius 3 is 2.47 bits per heavy atom. The van der Waals surface area contributed by atoms with E-state index in [1.165, 1.54) is 5.56 Å². The first-order valence-corrected chi connectivity index (χ1v) is 14.3. The molecule has 1 aromatic carbocycles. The van der Waals surface area contributed by atoms with Gasteiger partial charge in [-0.25, -0.2) is 14.8 Å². The summed E-state index contributed by atoms with van der Waals surface area (Å²) < 4.78 is 5.87. The van der Waals surface area contributed by atoms with Crippen molar-refractivity contribution >= 4 is 17.5 Å². The summed E-state index contributed by atoms with van der Waals surface area (Å²) in [6.45, 7) is 15.3. The topological polar surface area (TPSA) is 82.6 Å². The molecule has 8 nitrogen and oxygen atoms in total. The maximum absolute atomic E-state index is 12.4. The number of benzene rings is 1. The van der Waals surface area contributed by atoms with Crippen LogP contribution in [0.1, 0.15) is 71.6 Å². The van der Waals surface area contributed by atoms with E-state index in [0.717, 1.165) is 87.0 Å². The molecular formula is C30H44N6O2. The van der Waals surface area contributed by atoms with Gasteiger partial charge in [-0.1, -0.05) is 20.8 Å². The number of hydrogen-bond donors (Lipinski definition) is 2. The lowest BCUT2D eigenvalue weighted by molar-refractivity contribution is 0.0899. The van der Waals surface area contributed by atoms with Crippen molar-refractivity contribution in [1.29, 1.82) is 0 Å². The quantitative estimate of drug-likeness (QED) is 0.487. The van der Waals surface area contributed by atoms with Crippen molar-refractivity contribution < 1.29 is 9.53 Å². The van der Waals surface area contributed by atoms with Crippen molar-refractivity contribution in [1.82, 2.24) is 20.2 Å². The molecule has 0 saturated carbocycles. The first-order valence-electron chi connectivity index (χ1n) is 14.3. The number of carbonyl (C=O) groups is 1. The standard InChI is InChI=1S/C30H44N6O2/c1-20(2)35-16-13-25-26(17-35)33-27(34-28(25)36-23-11-12-24(36)19-38-18-23)21-7-9-22(10-8-21)32-29(37)31-15-6-14-30(3,4)5/h7-10,20,23-24H,6,11-19H2,1-5H3,(H2,31,32,37). The number of anilines is 2. The minimum absolute atomic E-state index is 0.171. The van der Waals surface area contributed by atoms with Crippen LogP contribution in [0.3, 0.4) is 0 Å². The van der Waals surface area contributed by atoms with Crippen LogP contribution in [0.15, 0.2) is 24.3 Å².